The van der Waals surface area contributed by atoms with E-state index in [0.29, 0.717) is 11.1 Å². The Kier molecular flexibility index (Phi) is 4.04. The Morgan fingerprint density at radius 3 is 2.32 bits per heavy atom. The molecule has 2 rings (SSSR count). The fourth-order valence-electron chi connectivity index (χ4n) is 1.44. The van der Waals surface area contributed by atoms with Crippen LogP contribution >= 0.6 is 0 Å². The maximum atomic E-state index is 9.51. The first-order valence-corrected chi connectivity index (χ1v) is 5.64. The lowest BCUT2D eigenvalue weighted by molar-refractivity contribution is 0.474. The molecule has 0 radical (unpaired) electrons. The fourth-order valence-corrected chi connectivity index (χ4v) is 1.44. The number of aromatic hydroxyl groups is 1. The van der Waals surface area contributed by atoms with Crippen LogP contribution in [0.3, 0.4) is 0 Å². The SMILES string of the molecule is N#Cc1ccc(C=N/N=C/c2ccccc2O)cc1. The van der Waals surface area contributed by atoms with Crippen molar-refractivity contribution in [2.75, 3.05) is 0 Å². The molecule has 4 nitrogen and oxygen atoms in total. The highest BCUT2D eigenvalue weighted by Crippen LogP contribution is 2.12. The number of phenols is 1. The third-order valence-electron chi connectivity index (χ3n) is 2.45. The van der Waals surface area contributed by atoms with Crippen LogP contribution in [-0.2, 0) is 0 Å². The van der Waals surface area contributed by atoms with Gasteiger partial charge in [0.2, 0.25) is 0 Å². The molecule has 0 spiro atoms. The van der Waals surface area contributed by atoms with Gasteiger partial charge in [-0.1, -0.05) is 24.3 Å². The van der Waals surface area contributed by atoms with Crippen molar-refractivity contribution < 1.29 is 5.11 Å². The summed E-state index contributed by atoms with van der Waals surface area (Å²) in [7, 11) is 0. The zero-order valence-corrected chi connectivity index (χ0v) is 10.1. The van der Waals surface area contributed by atoms with Crippen LogP contribution in [0.15, 0.2) is 58.7 Å². The quantitative estimate of drug-likeness (QED) is 0.671. The molecule has 0 aliphatic carbocycles. The van der Waals surface area contributed by atoms with Crippen molar-refractivity contribution in [2.24, 2.45) is 10.2 Å². The van der Waals surface area contributed by atoms with Crippen LogP contribution in [-0.4, -0.2) is 17.5 Å². The van der Waals surface area contributed by atoms with Crippen molar-refractivity contribution in [3.63, 3.8) is 0 Å². The van der Waals surface area contributed by atoms with E-state index < -0.39 is 0 Å². The van der Waals surface area contributed by atoms with E-state index in [2.05, 4.69) is 10.2 Å². The molecule has 4 heteroatoms. The summed E-state index contributed by atoms with van der Waals surface area (Å²) < 4.78 is 0. The summed E-state index contributed by atoms with van der Waals surface area (Å²) in [6.07, 6.45) is 3.06. The van der Waals surface area contributed by atoms with Crippen LogP contribution in [0.25, 0.3) is 0 Å². The van der Waals surface area contributed by atoms with Crippen molar-refractivity contribution in [1.29, 1.82) is 5.26 Å². The van der Waals surface area contributed by atoms with Gasteiger partial charge in [-0.15, -0.1) is 0 Å². The summed E-state index contributed by atoms with van der Waals surface area (Å²) in [6.45, 7) is 0. The first kappa shape index (κ1) is 12.5. The third kappa shape index (κ3) is 3.51. The van der Waals surface area contributed by atoms with Gasteiger partial charge >= 0.3 is 0 Å². The Balaban J connectivity index is 2.04. The van der Waals surface area contributed by atoms with Crippen molar-refractivity contribution in [2.45, 2.75) is 0 Å². The van der Waals surface area contributed by atoms with Crippen LogP contribution in [0.2, 0.25) is 0 Å². The van der Waals surface area contributed by atoms with Crippen LogP contribution in [0.5, 0.6) is 5.75 Å². The van der Waals surface area contributed by atoms with E-state index in [0.717, 1.165) is 5.56 Å². The zero-order chi connectivity index (χ0) is 13.5. The van der Waals surface area contributed by atoms with Crippen molar-refractivity contribution in [3.05, 3.63) is 65.2 Å². The van der Waals surface area contributed by atoms with Gasteiger partial charge in [0, 0.05) is 5.56 Å². The van der Waals surface area contributed by atoms with E-state index in [4.69, 9.17) is 5.26 Å². The Morgan fingerprint density at radius 1 is 0.947 bits per heavy atom. The summed E-state index contributed by atoms with van der Waals surface area (Å²) in [4.78, 5) is 0. The molecule has 2 aromatic rings. The Hall–Kier alpha value is -2.93. The topological polar surface area (TPSA) is 68.7 Å². The second kappa shape index (κ2) is 6.12. The molecule has 1 N–H and O–H groups in total. The Bertz CT molecular complexity index is 652. The van der Waals surface area contributed by atoms with E-state index in [1.165, 1.54) is 6.21 Å². The number of nitrogens with zero attached hydrogens (tertiary/aromatic N) is 3. The standard InChI is InChI=1S/C15H11N3O/c16-9-12-5-7-13(8-6-12)10-17-18-11-14-3-1-2-4-15(14)19/h1-8,10-11,19H/b17-10?,18-11+. The fraction of sp³-hybridized carbons (Fsp3) is 0. The number of hydrogen-bond acceptors (Lipinski definition) is 4. The molecular weight excluding hydrogens is 238 g/mol. The number of phenolic OH excluding ortho intramolecular Hbond substituents is 1. The predicted octanol–water partition coefficient (Wildman–Crippen LogP) is 2.72. The normalized spacial score (nSPS) is 10.9. The molecule has 0 fully saturated rings. The molecule has 0 aliphatic rings. The van der Waals surface area contributed by atoms with Gasteiger partial charge in [0.15, 0.2) is 0 Å². The molecule has 2 aromatic carbocycles. The lowest BCUT2D eigenvalue weighted by atomic mass is 10.2. The van der Waals surface area contributed by atoms with E-state index in [1.54, 1.807) is 48.7 Å². The van der Waals surface area contributed by atoms with Gasteiger partial charge < -0.3 is 5.11 Å². The Labute approximate surface area is 111 Å². The molecular formula is C15H11N3O. The van der Waals surface area contributed by atoms with Gasteiger partial charge in [-0.2, -0.15) is 15.5 Å². The molecule has 0 bridgehead atoms. The minimum absolute atomic E-state index is 0.167. The van der Waals surface area contributed by atoms with Gasteiger partial charge in [0.05, 0.1) is 24.1 Å². The number of para-hydroxylation sites is 1. The number of hydrogen-bond donors (Lipinski definition) is 1. The van der Waals surface area contributed by atoms with Crippen LogP contribution in [0, 0.1) is 11.3 Å². The average Bonchev–Trinajstić information content (AvgIpc) is 2.46. The largest absolute Gasteiger partial charge is 0.507 e. The lowest BCUT2D eigenvalue weighted by Gasteiger charge is -1.94. The zero-order valence-electron chi connectivity index (χ0n) is 10.1. The summed E-state index contributed by atoms with van der Waals surface area (Å²) in [6, 6.07) is 15.9. The molecule has 92 valence electrons. The van der Waals surface area contributed by atoms with Crippen LogP contribution in [0.1, 0.15) is 16.7 Å². The van der Waals surface area contributed by atoms with Gasteiger partial charge in [-0.05, 0) is 29.8 Å². The van der Waals surface area contributed by atoms with Crippen molar-refractivity contribution in [1.82, 2.24) is 0 Å². The van der Waals surface area contributed by atoms with Gasteiger partial charge in [-0.3, -0.25) is 0 Å². The molecule has 0 aliphatic heterocycles. The van der Waals surface area contributed by atoms with Gasteiger partial charge in [-0.25, -0.2) is 0 Å². The van der Waals surface area contributed by atoms with Gasteiger partial charge in [0.25, 0.3) is 0 Å². The monoisotopic (exact) mass is 249 g/mol. The lowest BCUT2D eigenvalue weighted by Crippen LogP contribution is -1.82. The van der Waals surface area contributed by atoms with Crippen LogP contribution in [0.4, 0.5) is 0 Å². The highest BCUT2D eigenvalue weighted by atomic mass is 16.3. The second-order valence-corrected chi connectivity index (χ2v) is 3.78. The van der Waals surface area contributed by atoms with Crippen LogP contribution < -0.4 is 0 Å². The summed E-state index contributed by atoms with van der Waals surface area (Å²) in [5.74, 6) is 0.167. The van der Waals surface area contributed by atoms with Crippen molar-refractivity contribution >= 4 is 12.4 Å². The molecule has 0 atom stereocenters. The summed E-state index contributed by atoms with van der Waals surface area (Å²) >= 11 is 0. The molecule has 0 saturated heterocycles. The average molecular weight is 249 g/mol. The summed E-state index contributed by atoms with van der Waals surface area (Å²) in [5.41, 5.74) is 2.07. The number of rotatable bonds is 3. The molecule has 0 unspecified atom stereocenters. The van der Waals surface area contributed by atoms with E-state index in [1.807, 2.05) is 12.1 Å². The molecule has 0 amide bonds. The first-order valence-electron chi connectivity index (χ1n) is 5.64. The maximum Gasteiger partial charge on any atom is 0.124 e. The Morgan fingerprint density at radius 2 is 1.63 bits per heavy atom. The predicted molar refractivity (Wildman–Crippen MR) is 74.5 cm³/mol. The second-order valence-electron chi connectivity index (χ2n) is 3.78. The number of nitriles is 1. The minimum Gasteiger partial charge on any atom is -0.507 e. The smallest absolute Gasteiger partial charge is 0.124 e. The minimum atomic E-state index is 0.167. The highest BCUT2D eigenvalue weighted by molar-refractivity contribution is 5.84. The summed E-state index contributed by atoms with van der Waals surface area (Å²) in [5, 5.41) is 25.9. The molecule has 19 heavy (non-hydrogen) atoms. The van der Waals surface area contributed by atoms with Gasteiger partial charge in [0.1, 0.15) is 5.75 Å². The highest BCUT2D eigenvalue weighted by Gasteiger charge is 1.93. The third-order valence-corrected chi connectivity index (χ3v) is 2.45. The van der Waals surface area contributed by atoms with E-state index in [-0.39, 0.29) is 5.75 Å². The number of benzene rings is 2. The maximum absolute atomic E-state index is 9.51. The molecule has 0 heterocycles. The molecule has 0 saturated carbocycles. The first-order chi connectivity index (χ1) is 9.29. The molecule has 0 aromatic heterocycles. The van der Waals surface area contributed by atoms with E-state index in [9.17, 15) is 5.11 Å². The van der Waals surface area contributed by atoms with Crippen molar-refractivity contribution in [3.8, 4) is 11.8 Å². The van der Waals surface area contributed by atoms with E-state index >= 15 is 0 Å².